The van der Waals surface area contributed by atoms with E-state index in [1.165, 1.54) is 0 Å². The number of allylic oxidation sites excluding steroid dienone is 2. The van der Waals surface area contributed by atoms with E-state index in [-0.39, 0.29) is 0 Å². The SMILES string of the molecule is CCCC1C[C@H](C)C2=C(CCCC2=O)O1. The molecule has 0 amide bonds. The van der Waals surface area contributed by atoms with Crippen molar-refractivity contribution in [2.75, 3.05) is 0 Å². The lowest BCUT2D eigenvalue weighted by Crippen LogP contribution is -2.29. The monoisotopic (exact) mass is 208 g/mol. The summed E-state index contributed by atoms with van der Waals surface area (Å²) in [4.78, 5) is 11.8. The second-order valence-corrected chi connectivity index (χ2v) is 4.78. The van der Waals surface area contributed by atoms with E-state index >= 15 is 0 Å². The van der Waals surface area contributed by atoms with Crippen LogP contribution in [0, 0.1) is 5.92 Å². The van der Waals surface area contributed by atoms with Crippen LogP contribution in [0.5, 0.6) is 0 Å². The highest BCUT2D eigenvalue weighted by Crippen LogP contribution is 2.37. The number of hydrogen-bond acceptors (Lipinski definition) is 2. The van der Waals surface area contributed by atoms with E-state index < -0.39 is 0 Å². The van der Waals surface area contributed by atoms with E-state index in [1.807, 2.05) is 0 Å². The van der Waals surface area contributed by atoms with E-state index in [9.17, 15) is 4.79 Å². The molecule has 2 atom stereocenters. The predicted octanol–water partition coefficient (Wildman–Crippen LogP) is 3.22. The number of carbonyl (C=O) groups excluding carboxylic acids is 1. The summed E-state index contributed by atoms with van der Waals surface area (Å²) in [6.45, 7) is 4.35. The van der Waals surface area contributed by atoms with E-state index in [1.54, 1.807) is 0 Å². The summed E-state index contributed by atoms with van der Waals surface area (Å²) >= 11 is 0. The molecule has 1 aliphatic carbocycles. The van der Waals surface area contributed by atoms with E-state index in [2.05, 4.69) is 13.8 Å². The topological polar surface area (TPSA) is 26.3 Å². The first kappa shape index (κ1) is 10.7. The Morgan fingerprint density at radius 2 is 2.20 bits per heavy atom. The van der Waals surface area contributed by atoms with Crippen LogP contribution in [0.4, 0.5) is 0 Å². The molecule has 0 saturated carbocycles. The molecule has 0 spiro atoms. The molecule has 0 radical (unpaired) electrons. The van der Waals surface area contributed by atoms with Gasteiger partial charge in [-0.3, -0.25) is 4.79 Å². The molecule has 2 aliphatic rings. The molecule has 1 unspecified atom stereocenters. The van der Waals surface area contributed by atoms with Crippen LogP contribution >= 0.6 is 0 Å². The third kappa shape index (κ3) is 2.09. The van der Waals surface area contributed by atoms with Gasteiger partial charge in [-0.15, -0.1) is 0 Å². The fourth-order valence-corrected chi connectivity index (χ4v) is 2.77. The summed E-state index contributed by atoms with van der Waals surface area (Å²) in [5.74, 6) is 1.76. The van der Waals surface area contributed by atoms with Crippen molar-refractivity contribution in [3.05, 3.63) is 11.3 Å². The molecular formula is C13H20O2. The highest BCUT2D eigenvalue weighted by atomic mass is 16.5. The van der Waals surface area contributed by atoms with Crippen molar-refractivity contribution in [2.24, 2.45) is 5.92 Å². The Morgan fingerprint density at radius 1 is 1.40 bits per heavy atom. The molecule has 2 heteroatoms. The van der Waals surface area contributed by atoms with Crippen LogP contribution in [0.2, 0.25) is 0 Å². The van der Waals surface area contributed by atoms with Crippen LogP contribution in [-0.2, 0) is 9.53 Å². The number of ether oxygens (including phenoxy) is 1. The van der Waals surface area contributed by atoms with Gasteiger partial charge in [0, 0.05) is 18.4 Å². The van der Waals surface area contributed by atoms with Crippen LogP contribution in [0.1, 0.15) is 52.4 Å². The van der Waals surface area contributed by atoms with Gasteiger partial charge in [0.1, 0.15) is 5.76 Å². The quantitative estimate of drug-likeness (QED) is 0.696. The number of ketones is 1. The summed E-state index contributed by atoms with van der Waals surface area (Å²) < 4.78 is 5.93. The lowest BCUT2D eigenvalue weighted by molar-refractivity contribution is -0.118. The van der Waals surface area contributed by atoms with Crippen molar-refractivity contribution < 1.29 is 9.53 Å². The molecule has 1 heterocycles. The number of hydrogen-bond donors (Lipinski definition) is 0. The molecular weight excluding hydrogens is 188 g/mol. The molecule has 2 rings (SSSR count). The molecule has 0 saturated heterocycles. The van der Waals surface area contributed by atoms with E-state index in [0.29, 0.717) is 17.8 Å². The minimum absolute atomic E-state index is 0.332. The third-order valence-corrected chi connectivity index (χ3v) is 3.44. The molecule has 0 aromatic rings. The fraction of sp³-hybridized carbons (Fsp3) is 0.769. The van der Waals surface area contributed by atoms with Gasteiger partial charge < -0.3 is 4.74 Å². The maximum absolute atomic E-state index is 11.8. The highest BCUT2D eigenvalue weighted by molar-refractivity contribution is 5.97. The first-order chi connectivity index (χ1) is 7.22. The van der Waals surface area contributed by atoms with Gasteiger partial charge in [0.15, 0.2) is 5.78 Å². The van der Waals surface area contributed by atoms with Crippen LogP contribution in [0.15, 0.2) is 11.3 Å². The van der Waals surface area contributed by atoms with Gasteiger partial charge >= 0.3 is 0 Å². The average Bonchev–Trinajstić information content (AvgIpc) is 2.17. The van der Waals surface area contributed by atoms with E-state index in [0.717, 1.165) is 49.9 Å². The van der Waals surface area contributed by atoms with Crippen molar-refractivity contribution in [1.82, 2.24) is 0 Å². The second kappa shape index (κ2) is 4.38. The summed E-state index contributed by atoms with van der Waals surface area (Å²) in [5, 5.41) is 0. The van der Waals surface area contributed by atoms with Crippen LogP contribution in [0.25, 0.3) is 0 Å². The normalized spacial score (nSPS) is 31.2. The van der Waals surface area contributed by atoms with Gasteiger partial charge in [0.2, 0.25) is 0 Å². The zero-order valence-corrected chi connectivity index (χ0v) is 9.71. The Balaban J connectivity index is 2.17. The first-order valence-corrected chi connectivity index (χ1v) is 6.15. The van der Waals surface area contributed by atoms with Gasteiger partial charge in [-0.05, 0) is 25.2 Å². The van der Waals surface area contributed by atoms with Gasteiger partial charge in [-0.2, -0.15) is 0 Å². The number of Topliss-reactive ketones (excluding diaryl/α,β-unsaturated/α-hetero) is 1. The molecule has 0 aromatic heterocycles. The van der Waals surface area contributed by atoms with Crippen molar-refractivity contribution in [3.63, 3.8) is 0 Å². The highest BCUT2D eigenvalue weighted by Gasteiger charge is 2.33. The summed E-state index contributed by atoms with van der Waals surface area (Å²) in [7, 11) is 0. The van der Waals surface area contributed by atoms with Crippen molar-refractivity contribution >= 4 is 5.78 Å². The molecule has 0 N–H and O–H groups in total. The Labute approximate surface area is 91.7 Å². The average molecular weight is 208 g/mol. The summed E-state index contributed by atoms with van der Waals surface area (Å²) in [5.41, 5.74) is 1.01. The molecule has 0 fully saturated rings. The fourth-order valence-electron chi connectivity index (χ4n) is 2.77. The van der Waals surface area contributed by atoms with Crippen molar-refractivity contribution in [3.8, 4) is 0 Å². The zero-order chi connectivity index (χ0) is 10.8. The van der Waals surface area contributed by atoms with Gasteiger partial charge in [-0.25, -0.2) is 0 Å². The van der Waals surface area contributed by atoms with Crippen molar-refractivity contribution in [2.45, 2.75) is 58.5 Å². The maximum atomic E-state index is 11.8. The smallest absolute Gasteiger partial charge is 0.162 e. The van der Waals surface area contributed by atoms with Crippen LogP contribution in [0.3, 0.4) is 0 Å². The number of carbonyl (C=O) groups is 1. The van der Waals surface area contributed by atoms with E-state index in [4.69, 9.17) is 4.74 Å². The van der Waals surface area contributed by atoms with Gasteiger partial charge in [0.05, 0.1) is 6.10 Å². The minimum atomic E-state index is 0.332. The molecule has 15 heavy (non-hydrogen) atoms. The molecule has 0 bridgehead atoms. The van der Waals surface area contributed by atoms with Gasteiger partial charge in [-0.1, -0.05) is 20.3 Å². The van der Waals surface area contributed by atoms with Crippen LogP contribution in [-0.4, -0.2) is 11.9 Å². The molecule has 84 valence electrons. The minimum Gasteiger partial charge on any atom is -0.494 e. The maximum Gasteiger partial charge on any atom is 0.162 e. The lowest BCUT2D eigenvalue weighted by atomic mass is 9.82. The van der Waals surface area contributed by atoms with Gasteiger partial charge in [0.25, 0.3) is 0 Å². The molecule has 0 aromatic carbocycles. The first-order valence-electron chi connectivity index (χ1n) is 6.15. The Kier molecular flexibility index (Phi) is 3.13. The lowest BCUT2D eigenvalue weighted by Gasteiger charge is -2.34. The molecule has 2 nitrogen and oxygen atoms in total. The Bertz CT molecular complexity index is 291. The third-order valence-electron chi connectivity index (χ3n) is 3.44. The summed E-state index contributed by atoms with van der Waals surface area (Å²) in [6, 6.07) is 0. The Hall–Kier alpha value is -0.790. The molecule has 1 aliphatic heterocycles. The standard InChI is InChI=1S/C13H20O2/c1-3-5-10-8-9(2)13-11(14)6-4-7-12(13)15-10/h9-10H,3-8H2,1-2H3/t9-,10?/m0/s1. The van der Waals surface area contributed by atoms with Crippen LogP contribution < -0.4 is 0 Å². The largest absolute Gasteiger partial charge is 0.494 e. The predicted molar refractivity (Wildman–Crippen MR) is 59.4 cm³/mol. The second-order valence-electron chi connectivity index (χ2n) is 4.78. The summed E-state index contributed by atoms with van der Waals surface area (Å²) in [6.07, 6.45) is 6.34. The number of rotatable bonds is 2. The zero-order valence-electron chi connectivity index (χ0n) is 9.71. The Morgan fingerprint density at radius 3 is 2.93 bits per heavy atom. The van der Waals surface area contributed by atoms with Crippen molar-refractivity contribution in [1.29, 1.82) is 0 Å².